The van der Waals surface area contributed by atoms with E-state index in [9.17, 15) is 0 Å². The molecule has 1 fully saturated rings. The zero-order chi connectivity index (χ0) is 10.2. The Morgan fingerprint density at radius 2 is 2.36 bits per heavy atom. The summed E-state index contributed by atoms with van der Waals surface area (Å²) < 4.78 is 0. The minimum absolute atomic E-state index is 0.409. The molecule has 0 saturated heterocycles. The summed E-state index contributed by atoms with van der Waals surface area (Å²) in [5.41, 5.74) is 6.70. The van der Waals surface area contributed by atoms with Gasteiger partial charge in [-0.1, -0.05) is 19.9 Å². The average Bonchev–Trinajstić information content (AvgIpc) is 2.61. The van der Waals surface area contributed by atoms with Crippen LogP contribution in [0.4, 0.5) is 0 Å². The molecule has 1 aromatic rings. The van der Waals surface area contributed by atoms with Gasteiger partial charge in [-0.2, -0.15) is 0 Å². The molecule has 0 aliphatic heterocycles. The molecule has 0 bridgehead atoms. The number of nitrogens with two attached hydrogens (primary N) is 1. The van der Waals surface area contributed by atoms with Crippen LogP contribution in [0.3, 0.4) is 0 Å². The first-order valence-corrected chi connectivity index (χ1v) is 6.25. The molecule has 0 amide bonds. The third kappa shape index (κ3) is 2.18. The average molecular weight is 209 g/mol. The lowest BCUT2D eigenvalue weighted by Gasteiger charge is -2.12. The Morgan fingerprint density at radius 1 is 1.64 bits per heavy atom. The normalized spacial score (nSPS) is 26.1. The van der Waals surface area contributed by atoms with Crippen molar-refractivity contribution in [3.8, 4) is 0 Å². The van der Waals surface area contributed by atoms with Crippen molar-refractivity contribution in [2.45, 2.75) is 39.2 Å². The molecule has 1 heterocycles. The third-order valence-electron chi connectivity index (χ3n) is 3.41. The lowest BCUT2D eigenvalue weighted by molar-refractivity contribution is 0.458. The maximum atomic E-state index is 6.18. The highest BCUT2D eigenvalue weighted by Crippen LogP contribution is 2.53. The van der Waals surface area contributed by atoms with E-state index >= 15 is 0 Å². The minimum Gasteiger partial charge on any atom is -0.327 e. The molecule has 2 rings (SSSR count). The highest BCUT2D eigenvalue weighted by atomic mass is 32.1. The van der Waals surface area contributed by atoms with Gasteiger partial charge in [0.05, 0.1) is 0 Å². The maximum Gasteiger partial charge on any atom is 0.00759 e. The SMILES string of the molecule is CC1(C)CC1C(N)CCc1cccs1. The van der Waals surface area contributed by atoms with Crippen molar-refractivity contribution < 1.29 is 0 Å². The van der Waals surface area contributed by atoms with Gasteiger partial charge < -0.3 is 5.73 Å². The summed E-state index contributed by atoms with van der Waals surface area (Å²) in [7, 11) is 0. The van der Waals surface area contributed by atoms with Crippen molar-refractivity contribution in [1.29, 1.82) is 0 Å². The van der Waals surface area contributed by atoms with Crippen molar-refractivity contribution in [3.63, 3.8) is 0 Å². The molecule has 2 heteroatoms. The lowest BCUT2D eigenvalue weighted by atomic mass is 10.0. The predicted molar refractivity (Wildman–Crippen MR) is 62.5 cm³/mol. The Hall–Kier alpha value is -0.340. The van der Waals surface area contributed by atoms with Crippen LogP contribution in [-0.2, 0) is 6.42 Å². The molecule has 2 unspecified atom stereocenters. The molecule has 1 saturated carbocycles. The van der Waals surface area contributed by atoms with Gasteiger partial charge in [0.15, 0.2) is 0 Å². The Bertz CT molecular complexity index is 289. The van der Waals surface area contributed by atoms with Crippen LogP contribution >= 0.6 is 11.3 Å². The van der Waals surface area contributed by atoms with E-state index in [1.807, 2.05) is 11.3 Å². The lowest BCUT2D eigenvalue weighted by Crippen LogP contribution is -2.25. The van der Waals surface area contributed by atoms with E-state index in [4.69, 9.17) is 5.73 Å². The van der Waals surface area contributed by atoms with Crippen LogP contribution in [0.2, 0.25) is 0 Å². The van der Waals surface area contributed by atoms with Gasteiger partial charge >= 0.3 is 0 Å². The van der Waals surface area contributed by atoms with Gasteiger partial charge in [-0.3, -0.25) is 0 Å². The second-order valence-electron chi connectivity index (χ2n) is 5.08. The molecule has 1 aliphatic carbocycles. The monoisotopic (exact) mass is 209 g/mol. The molecule has 2 N–H and O–H groups in total. The molecule has 14 heavy (non-hydrogen) atoms. The number of aryl methyl sites for hydroxylation is 1. The van der Waals surface area contributed by atoms with E-state index in [1.54, 1.807) is 0 Å². The van der Waals surface area contributed by atoms with Crippen molar-refractivity contribution in [1.82, 2.24) is 0 Å². The Kier molecular flexibility index (Phi) is 2.67. The Labute approximate surface area is 90.3 Å². The van der Waals surface area contributed by atoms with E-state index in [1.165, 1.54) is 11.3 Å². The van der Waals surface area contributed by atoms with Crippen LogP contribution < -0.4 is 5.73 Å². The molecule has 1 aromatic heterocycles. The van der Waals surface area contributed by atoms with E-state index in [-0.39, 0.29) is 0 Å². The van der Waals surface area contributed by atoms with Crippen LogP contribution in [0, 0.1) is 11.3 Å². The van der Waals surface area contributed by atoms with E-state index in [0.717, 1.165) is 18.8 Å². The van der Waals surface area contributed by atoms with Crippen molar-refractivity contribution in [3.05, 3.63) is 22.4 Å². The summed E-state index contributed by atoms with van der Waals surface area (Å²) in [4.78, 5) is 1.47. The van der Waals surface area contributed by atoms with Gasteiger partial charge in [0, 0.05) is 10.9 Å². The largest absolute Gasteiger partial charge is 0.327 e. The Morgan fingerprint density at radius 3 is 2.86 bits per heavy atom. The first-order chi connectivity index (χ1) is 6.59. The van der Waals surface area contributed by atoms with Crippen LogP contribution in [0.1, 0.15) is 31.6 Å². The standard InChI is InChI=1S/C12H19NS/c1-12(2)8-10(12)11(13)6-5-9-4-3-7-14-9/h3-4,7,10-11H,5-6,8,13H2,1-2H3. The topological polar surface area (TPSA) is 26.0 Å². The molecule has 0 spiro atoms. The second kappa shape index (κ2) is 3.67. The Balaban J connectivity index is 1.77. The quantitative estimate of drug-likeness (QED) is 0.810. The maximum absolute atomic E-state index is 6.18. The van der Waals surface area contributed by atoms with Gasteiger partial charge in [-0.05, 0) is 42.0 Å². The molecule has 78 valence electrons. The fraction of sp³-hybridized carbons (Fsp3) is 0.667. The van der Waals surface area contributed by atoms with Crippen LogP contribution in [0.25, 0.3) is 0 Å². The summed E-state index contributed by atoms with van der Waals surface area (Å²) >= 11 is 1.84. The number of hydrogen-bond acceptors (Lipinski definition) is 2. The summed E-state index contributed by atoms with van der Waals surface area (Å²) in [5.74, 6) is 0.766. The number of hydrogen-bond donors (Lipinski definition) is 1. The van der Waals surface area contributed by atoms with Crippen molar-refractivity contribution in [2.24, 2.45) is 17.1 Å². The number of thiophene rings is 1. The fourth-order valence-corrected chi connectivity index (χ4v) is 2.93. The number of rotatable bonds is 4. The molecule has 0 aromatic carbocycles. The second-order valence-corrected chi connectivity index (χ2v) is 6.11. The summed E-state index contributed by atoms with van der Waals surface area (Å²) in [5, 5.41) is 2.14. The van der Waals surface area contributed by atoms with Gasteiger partial charge in [-0.25, -0.2) is 0 Å². The molecule has 1 nitrogen and oxygen atoms in total. The van der Waals surface area contributed by atoms with E-state index < -0.39 is 0 Å². The van der Waals surface area contributed by atoms with Crippen LogP contribution in [0.15, 0.2) is 17.5 Å². The molecular weight excluding hydrogens is 190 g/mol. The first kappa shape index (κ1) is 10.2. The summed E-state index contributed by atoms with van der Waals surface area (Å²) in [6.45, 7) is 4.64. The molecule has 0 radical (unpaired) electrons. The van der Waals surface area contributed by atoms with Gasteiger partial charge in [0.2, 0.25) is 0 Å². The summed E-state index contributed by atoms with van der Waals surface area (Å²) in [6.07, 6.45) is 3.62. The van der Waals surface area contributed by atoms with E-state index in [0.29, 0.717) is 11.5 Å². The highest BCUT2D eigenvalue weighted by Gasteiger charge is 2.48. The zero-order valence-electron chi connectivity index (χ0n) is 8.99. The minimum atomic E-state index is 0.409. The first-order valence-electron chi connectivity index (χ1n) is 5.37. The smallest absolute Gasteiger partial charge is 0.00759 e. The summed E-state index contributed by atoms with van der Waals surface area (Å²) in [6, 6.07) is 4.73. The van der Waals surface area contributed by atoms with Gasteiger partial charge in [0.1, 0.15) is 0 Å². The van der Waals surface area contributed by atoms with Crippen molar-refractivity contribution in [2.75, 3.05) is 0 Å². The van der Waals surface area contributed by atoms with Crippen LogP contribution in [0.5, 0.6) is 0 Å². The van der Waals surface area contributed by atoms with Gasteiger partial charge in [-0.15, -0.1) is 11.3 Å². The van der Waals surface area contributed by atoms with Crippen molar-refractivity contribution >= 4 is 11.3 Å². The third-order valence-corrected chi connectivity index (χ3v) is 4.35. The van der Waals surface area contributed by atoms with Gasteiger partial charge in [0.25, 0.3) is 0 Å². The molecule has 1 aliphatic rings. The molecule has 2 atom stereocenters. The fourth-order valence-electron chi connectivity index (χ4n) is 2.20. The van der Waals surface area contributed by atoms with Crippen LogP contribution in [-0.4, -0.2) is 6.04 Å². The van der Waals surface area contributed by atoms with E-state index in [2.05, 4.69) is 31.4 Å². The predicted octanol–water partition coefficient (Wildman–Crippen LogP) is 3.05. The highest BCUT2D eigenvalue weighted by molar-refractivity contribution is 7.09. The zero-order valence-corrected chi connectivity index (χ0v) is 9.81. The molecular formula is C12H19NS.